The first kappa shape index (κ1) is 33.8. The number of Topliss-reactive ketones (excluding diaryl/α,β-unsaturated/α-hetero) is 1. The summed E-state index contributed by atoms with van der Waals surface area (Å²) in [5.74, 6) is 0.164. The normalized spacial score (nSPS) is 18.4. The Morgan fingerprint density at radius 2 is 1.31 bits per heavy atom. The van der Waals surface area contributed by atoms with Crippen molar-refractivity contribution in [1.29, 1.82) is 0 Å². The summed E-state index contributed by atoms with van der Waals surface area (Å²) in [7, 11) is 0. The van der Waals surface area contributed by atoms with Crippen LogP contribution < -0.4 is 0 Å². The van der Waals surface area contributed by atoms with Crippen LogP contribution in [0.5, 0.6) is 0 Å². The van der Waals surface area contributed by atoms with Gasteiger partial charge in [0.05, 0.1) is 0 Å². The average molecular weight is 525 g/mol. The lowest BCUT2D eigenvalue weighted by Gasteiger charge is -2.32. The summed E-state index contributed by atoms with van der Waals surface area (Å²) in [6.45, 7) is 21.3. The number of carbonyl (C=O) groups is 1. The molecular formula is C38H52O. The molecule has 210 valence electrons. The lowest BCUT2D eigenvalue weighted by molar-refractivity contribution is -0.114. The predicted octanol–water partition coefficient (Wildman–Crippen LogP) is 11.4. The van der Waals surface area contributed by atoms with Crippen LogP contribution in [-0.4, -0.2) is 5.78 Å². The second-order valence-corrected chi connectivity index (χ2v) is 11.7. The minimum absolute atomic E-state index is 0.164. The molecule has 0 atom stereocenters. The molecule has 0 spiro atoms. The van der Waals surface area contributed by atoms with Crippen molar-refractivity contribution in [2.24, 2.45) is 5.41 Å². The van der Waals surface area contributed by atoms with E-state index in [2.05, 4.69) is 109 Å². The van der Waals surface area contributed by atoms with Gasteiger partial charge in [0.25, 0.3) is 0 Å². The van der Waals surface area contributed by atoms with E-state index in [1.165, 1.54) is 52.7 Å². The van der Waals surface area contributed by atoms with Crippen molar-refractivity contribution in [2.75, 3.05) is 0 Å². The quantitative estimate of drug-likeness (QED) is 0.141. The summed E-state index contributed by atoms with van der Waals surface area (Å²) in [5, 5.41) is 0. The zero-order chi connectivity index (χ0) is 29.4. The molecular weight excluding hydrogens is 472 g/mol. The van der Waals surface area contributed by atoms with Crippen molar-refractivity contribution in [3.63, 3.8) is 0 Å². The highest BCUT2D eigenvalue weighted by atomic mass is 16.1. The molecule has 0 aromatic heterocycles. The summed E-state index contributed by atoms with van der Waals surface area (Å²) in [6, 6.07) is 0. The summed E-state index contributed by atoms with van der Waals surface area (Å²) >= 11 is 0. The lowest BCUT2D eigenvalue weighted by atomic mass is 9.72. The second-order valence-electron chi connectivity index (χ2n) is 11.7. The molecule has 0 saturated carbocycles. The number of hydrogen-bond acceptors (Lipinski definition) is 1. The summed E-state index contributed by atoms with van der Waals surface area (Å²) < 4.78 is 0. The molecule has 1 aliphatic rings. The second kappa shape index (κ2) is 17.4. The van der Waals surface area contributed by atoms with E-state index in [1.54, 1.807) is 0 Å². The zero-order valence-electron chi connectivity index (χ0n) is 26.3. The van der Waals surface area contributed by atoms with Crippen LogP contribution in [0, 0.1) is 5.41 Å². The van der Waals surface area contributed by atoms with Crippen LogP contribution in [0.2, 0.25) is 0 Å². The number of carbonyl (C=O) groups excluding carboxylic acids is 1. The van der Waals surface area contributed by atoms with E-state index in [1.807, 2.05) is 45.1 Å². The zero-order valence-corrected chi connectivity index (χ0v) is 26.3. The van der Waals surface area contributed by atoms with Gasteiger partial charge in [-0.3, -0.25) is 4.79 Å². The molecule has 0 amide bonds. The van der Waals surface area contributed by atoms with Gasteiger partial charge in [0.1, 0.15) is 0 Å². The molecule has 0 bridgehead atoms. The molecule has 1 nitrogen and oxygen atoms in total. The van der Waals surface area contributed by atoms with Crippen LogP contribution in [-0.2, 0) is 4.79 Å². The molecule has 0 fully saturated rings. The Morgan fingerprint density at radius 1 is 0.744 bits per heavy atom. The van der Waals surface area contributed by atoms with E-state index in [0.29, 0.717) is 6.42 Å². The minimum Gasteiger partial charge on any atom is -0.294 e. The monoisotopic (exact) mass is 524 g/mol. The van der Waals surface area contributed by atoms with Crippen LogP contribution in [0.15, 0.2) is 130 Å². The molecule has 0 aliphatic heterocycles. The maximum atomic E-state index is 12.1. The van der Waals surface area contributed by atoms with E-state index < -0.39 is 0 Å². The SMILES string of the molecule is CC(C)=CCC(=O)\C(C)=C/C=C/C(C)=C\C(C)=C/C=C/C=C(C)\C=C\C=C(C)/C=C/C1=C(C)CCCC1(C)C. The van der Waals surface area contributed by atoms with Gasteiger partial charge in [-0.05, 0) is 91.2 Å². The smallest absolute Gasteiger partial charge is 0.162 e. The average Bonchev–Trinajstić information content (AvgIpc) is 2.84. The lowest BCUT2D eigenvalue weighted by Crippen LogP contribution is -2.19. The van der Waals surface area contributed by atoms with Gasteiger partial charge in [-0.1, -0.05) is 132 Å². The van der Waals surface area contributed by atoms with Crippen molar-refractivity contribution in [3.8, 4) is 0 Å². The van der Waals surface area contributed by atoms with Crippen molar-refractivity contribution in [1.82, 2.24) is 0 Å². The molecule has 0 N–H and O–H groups in total. The van der Waals surface area contributed by atoms with Gasteiger partial charge in [-0.25, -0.2) is 0 Å². The predicted molar refractivity (Wildman–Crippen MR) is 175 cm³/mol. The number of rotatable bonds is 12. The third-order valence-electron chi connectivity index (χ3n) is 6.90. The van der Waals surface area contributed by atoms with Crippen molar-refractivity contribution < 1.29 is 4.79 Å². The van der Waals surface area contributed by atoms with Crippen LogP contribution in [0.3, 0.4) is 0 Å². The Labute approximate surface area is 240 Å². The van der Waals surface area contributed by atoms with Gasteiger partial charge >= 0.3 is 0 Å². The highest BCUT2D eigenvalue weighted by Crippen LogP contribution is 2.40. The number of ketones is 1. The molecule has 0 radical (unpaired) electrons. The minimum atomic E-state index is 0.164. The van der Waals surface area contributed by atoms with Crippen molar-refractivity contribution in [2.45, 2.75) is 94.9 Å². The fourth-order valence-corrected chi connectivity index (χ4v) is 4.45. The first-order valence-electron chi connectivity index (χ1n) is 14.3. The van der Waals surface area contributed by atoms with Crippen LogP contribution in [0.1, 0.15) is 94.9 Å². The van der Waals surface area contributed by atoms with Gasteiger partial charge in [0.15, 0.2) is 5.78 Å². The molecule has 0 saturated heterocycles. The van der Waals surface area contributed by atoms with Crippen LogP contribution in [0.25, 0.3) is 0 Å². The van der Waals surface area contributed by atoms with Crippen molar-refractivity contribution >= 4 is 5.78 Å². The first-order chi connectivity index (χ1) is 18.3. The standard InChI is InChI=1S/C38H52O/c1-29(2)23-26-37(39)35(8)21-14-20-33(6)28-32(5)17-12-11-16-30(3)18-13-19-31(4)24-25-36-34(7)22-15-27-38(36,9)10/h11-14,16-21,23-25,28H,15,22,26-27H2,1-10H3/b12-11+,18-13+,20-14+,25-24+,30-16-,31-19-,32-17-,33-28-,35-21-. The topological polar surface area (TPSA) is 17.1 Å². The first-order valence-corrected chi connectivity index (χ1v) is 14.3. The molecule has 0 aromatic rings. The van der Waals surface area contributed by atoms with E-state index >= 15 is 0 Å². The van der Waals surface area contributed by atoms with Crippen LogP contribution in [0.4, 0.5) is 0 Å². The maximum Gasteiger partial charge on any atom is 0.162 e. The third kappa shape index (κ3) is 14.5. The third-order valence-corrected chi connectivity index (χ3v) is 6.90. The summed E-state index contributed by atoms with van der Waals surface area (Å²) in [5.41, 5.74) is 10.0. The van der Waals surface area contributed by atoms with Gasteiger partial charge in [-0.15, -0.1) is 0 Å². The summed E-state index contributed by atoms with van der Waals surface area (Å²) in [6.07, 6.45) is 33.6. The fourth-order valence-electron chi connectivity index (χ4n) is 4.45. The number of hydrogen-bond donors (Lipinski definition) is 0. The van der Waals surface area contributed by atoms with E-state index in [-0.39, 0.29) is 11.2 Å². The Bertz CT molecular complexity index is 1180. The van der Waals surface area contributed by atoms with Gasteiger partial charge in [-0.2, -0.15) is 0 Å². The molecule has 0 aromatic carbocycles. The largest absolute Gasteiger partial charge is 0.294 e. The van der Waals surface area contributed by atoms with E-state index in [4.69, 9.17) is 0 Å². The van der Waals surface area contributed by atoms with E-state index in [9.17, 15) is 4.79 Å². The van der Waals surface area contributed by atoms with Crippen LogP contribution >= 0.6 is 0 Å². The fraction of sp³-hybridized carbons (Fsp3) is 0.395. The molecule has 1 rings (SSSR count). The Hall–Kier alpha value is -3.19. The van der Waals surface area contributed by atoms with Gasteiger partial charge in [0.2, 0.25) is 0 Å². The maximum absolute atomic E-state index is 12.1. The van der Waals surface area contributed by atoms with Gasteiger partial charge in [0, 0.05) is 6.42 Å². The molecule has 1 aliphatic carbocycles. The summed E-state index contributed by atoms with van der Waals surface area (Å²) in [4.78, 5) is 12.1. The Morgan fingerprint density at radius 3 is 1.95 bits per heavy atom. The highest BCUT2D eigenvalue weighted by molar-refractivity contribution is 5.96. The van der Waals surface area contributed by atoms with Crippen molar-refractivity contribution in [3.05, 3.63) is 130 Å². The van der Waals surface area contributed by atoms with Gasteiger partial charge < -0.3 is 0 Å². The molecule has 0 heterocycles. The Kier molecular flexibility index (Phi) is 15.1. The molecule has 1 heteroatoms. The number of allylic oxidation sites excluding steroid dienone is 22. The molecule has 0 unspecified atom stereocenters. The Balaban J connectivity index is 2.67. The van der Waals surface area contributed by atoms with E-state index in [0.717, 1.165) is 11.1 Å². The molecule has 39 heavy (non-hydrogen) atoms. The highest BCUT2D eigenvalue weighted by Gasteiger charge is 2.26.